The summed E-state index contributed by atoms with van der Waals surface area (Å²) in [4.78, 5) is 65.3. The third-order valence-corrected chi connectivity index (χ3v) is 6.24. The normalized spacial score (nSPS) is 16.2. The van der Waals surface area contributed by atoms with Crippen LogP contribution in [0.15, 0.2) is 39.5 Å². The molecular weight excluding hydrogens is 506 g/mol. The Morgan fingerprint density at radius 3 is 2.18 bits per heavy atom. The van der Waals surface area contributed by atoms with Gasteiger partial charge in [-0.3, -0.25) is 14.4 Å². The van der Waals surface area contributed by atoms with Crippen molar-refractivity contribution in [3.8, 4) is 5.69 Å². The lowest BCUT2D eigenvalue weighted by molar-refractivity contribution is -0.141. The minimum atomic E-state index is -1.04. The Labute approximate surface area is 228 Å². The van der Waals surface area contributed by atoms with Crippen LogP contribution in [0.3, 0.4) is 0 Å². The molecule has 0 saturated carbocycles. The van der Waals surface area contributed by atoms with Gasteiger partial charge in [0, 0.05) is 6.54 Å². The van der Waals surface area contributed by atoms with Crippen LogP contribution in [0, 0.1) is 11.8 Å². The first-order valence-electron chi connectivity index (χ1n) is 13.2. The van der Waals surface area contributed by atoms with Crippen LogP contribution in [0.4, 0.5) is 4.79 Å². The van der Waals surface area contributed by atoms with Crippen LogP contribution in [0.25, 0.3) is 5.69 Å². The number of amides is 3. The Morgan fingerprint density at radius 2 is 1.62 bits per heavy atom. The zero-order valence-electron chi connectivity index (χ0n) is 23.6. The number of ketones is 1. The summed E-state index contributed by atoms with van der Waals surface area (Å²) in [6.07, 6.45) is 0.245. The third kappa shape index (κ3) is 7.55. The van der Waals surface area contributed by atoms with E-state index in [1.54, 1.807) is 58.0 Å². The standard InChI is InChI=1S/C25H33N5O7.C2H6/c1-14(2)18(20(31)22-28-30(25(35)37-22)16-10-7-6-8-11-16)26-21(32)17-12-9-13-29(17)23(33)19(15(3)4)27-24(34)36-5;1-2/h6-8,10-11,14-15,17-19H,9,12-13H2,1-5H3,(H,26,32)(H,27,34);1-2H3/t17-,18?,19-;/m0./s1. The molecule has 1 aromatic heterocycles. The summed E-state index contributed by atoms with van der Waals surface area (Å²) >= 11 is 0. The maximum absolute atomic E-state index is 13.3. The molecule has 2 N–H and O–H groups in total. The Morgan fingerprint density at radius 1 is 1.00 bits per heavy atom. The van der Waals surface area contributed by atoms with E-state index < -0.39 is 53.5 Å². The molecular formula is C27H39N5O7. The van der Waals surface area contributed by atoms with Crippen LogP contribution in [0.5, 0.6) is 0 Å². The lowest BCUT2D eigenvalue weighted by atomic mass is 9.98. The first-order chi connectivity index (χ1) is 18.5. The fourth-order valence-corrected chi connectivity index (χ4v) is 4.21. The summed E-state index contributed by atoms with van der Waals surface area (Å²) in [7, 11) is 1.21. The molecule has 1 aliphatic rings. The number of likely N-dealkylation sites (tertiary alicyclic amines) is 1. The number of nitrogens with one attached hydrogen (secondary N) is 2. The van der Waals surface area contributed by atoms with Crippen molar-refractivity contribution in [1.82, 2.24) is 25.3 Å². The molecule has 3 atom stereocenters. The van der Waals surface area contributed by atoms with E-state index in [0.29, 0.717) is 25.1 Å². The minimum absolute atomic E-state index is 0.247. The quantitative estimate of drug-likeness (QED) is 0.456. The highest BCUT2D eigenvalue weighted by Gasteiger charge is 2.40. The van der Waals surface area contributed by atoms with E-state index in [1.807, 2.05) is 13.8 Å². The number of hydrogen-bond donors (Lipinski definition) is 2. The fourth-order valence-electron chi connectivity index (χ4n) is 4.21. The molecule has 2 aromatic rings. The topological polar surface area (TPSA) is 153 Å². The number of rotatable bonds is 9. The molecule has 39 heavy (non-hydrogen) atoms. The van der Waals surface area contributed by atoms with E-state index >= 15 is 0 Å². The van der Waals surface area contributed by atoms with Gasteiger partial charge in [-0.2, -0.15) is 4.68 Å². The molecule has 12 heteroatoms. The van der Waals surface area contributed by atoms with E-state index in [1.165, 1.54) is 12.0 Å². The van der Waals surface area contributed by atoms with Gasteiger partial charge in [0.15, 0.2) is 0 Å². The van der Waals surface area contributed by atoms with Gasteiger partial charge in [-0.15, -0.1) is 5.10 Å². The van der Waals surface area contributed by atoms with Gasteiger partial charge < -0.3 is 24.7 Å². The van der Waals surface area contributed by atoms with Crippen molar-refractivity contribution >= 4 is 23.7 Å². The number of ether oxygens (including phenoxy) is 1. The average Bonchev–Trinajstić information content (AvgIpc) is 3.58. The molecule has 0 bridgehead atoms. The van der Waals surface area contributed by atoms with Gasteiger partial charge in [0.05, 0.1) is 18.8 Å². The first-order valence-corrected chi connectivity index (χ1v) is 13.2. The number of aromatic nitrogens is 2. The van der Waals surface area contributed by atoms with Gasteiger partial charge in [0.2, 0.25) is 17.6 Å². The van der Waals surface area contributed by atoms with Gasteiger partial charge in [0.1, 0.15) is 12.1 Å². The van der Waals surface area contributed by atoms with Crippen LogP contribution in [0.2, 0.25) is 0 Å². The van der Waals surface area contributed by atoms with E-state index in [9.17, 15) is 24.0 Å². The molecule has 214 valence electrons. The third-order valence-electron chi connectivity index (χ3n) is 6.24. The summed E-state index contributed by atoms with van der Waals surface area (Å²) in [6, 6.07) is 5.76. The van der Waals surface area contributed by atoms with Crippen LogP contribution in [-0.2, 0) is 14.3 Å². The van der Waals surface area contributed by atoms with Crippen molar-refractivity contribution in [2.75, 3.05) is 13.7 Å². The number of methoxy groups -OCH3 is 1. The molecule has 1 saturated heterocycles. The molecule has 2 heterocycles. The molecule has 1 aromatic carbocycles. The largest absolute Gasteiger partial charge is 0.453 e. The number of hydrogen-bond acceptors (Lipinski definition) is 8. The number of carbonyl (C=O) groups is 4. The number of benzene rings is 1. The zero-order chi connectivity index (χ0) is 29.3. The monoisotopic (exact) mass is 545 g/mol. The summed E-state index contributed by atoms with van der Waals surface area (Å²) in [6.45, 7) is 11.4. The number of Topliss-reactive ketones (excluding diaryl/α,β-unsaturated/α-hetero) is 1. The summed E-state index contributed by atoms with van der Waals surface area (Å²) < 4.78 is 10.7. The van der Waals surface area contributed by atoms with Crippen LogP contribution in [-0.4, -0.2) is 70.2 Å². The molecule has 0 radical (unpaired) electrons. The lowest BCUT2D eigenvalue weighted by Crippen LogP contribution is -2.57. The highest BCUT2D eigenvalue weighted by molar-refractivity contribution is 6.00. The van der Waals surface area contributed by atoms with Gasteiger partial charge >= 0.3 is 11.8 Å². The van der Waals surface area contributed by atoms with Crippen molar-refractivity contribution in [3.05, 3.63) is 46.8 Å². The second-order valence-electron chi connectivity index (χ2n) is 9.56. The lowest BCUT2D eigenvalue weighted by Gasteiger charge is -2.31. The number of alkyl carbamates (subject to hydrolysis) is 1. The van der Waals surface area contributed by atoms with E-state index in [-0.39, 0.29) is 11.8 Å². The Hall–Kier alpha value is -3.96. The molecule has 1 unspecified atom stereocenters. The fraction of sp³-hybridized carbons (Fsp3) is 0.556. The van der Waals surface area contributed by atoms with Gasteiger partial charge in [-0.1, -0.05) is 59.7 Å². The first kappa shape index (κ1) is 31.3. The Kier molecular flexibility index (Phi) is 11.4. The number of para-hydroxylation sites is 1. The Balaban J connectivity index is 0.00000260. The van der Waals surface area contributed by atoms with Crippen molar-refractivity contribution < 1.29 is 28.3 Å². The Bertz CT molecular complexity index is 1190. The maximum Gasteiger partial charge on any atom is 0.442 e. The highest BCUT2D eigenvalue weighted by atomic mass is 16.5. The highest BCUT2D eigenvalue weighted by Crippen LogP contribution is 2.21. The molecule has 3 amide bonds. The van der Waals surface area contributed by atoms with Crippen LogP contribution >= 0.6 is 0 Å². The predicted molar refractivity (Wildman–Crippen MR) is 143 cm³/mol. The average molecular weight is 546 g/mol. The second-order valence-corrected chi connectivity index (χ2v) is 9.56. The summed E-state index contributed by atoms with van der Waals surface area (Å²) in [5, 5.41) is 9.29. The molecule has 0 aliphatic carbocycles. The van der Waals surface area contributed by atoms with Gasteiger partial charge in [0.25, 0.3) is 5.89 Å². The summed E-state index contributed by atoms with van der Waals surface area (Å²) in [5.41, 5.74) is 0.431. The van der Waals surface area contributed by atoms with Crippen molar-refractivity contribution in [2.24, 2.45) is 11.8 Å². The summed E-state index contributed by atoms with van der Waals surface area (Å²) in [5.74, 6) is -3.43. The molecule has 12 nitrogen and oxygen atoms in total. The predicted octanol–water partition coefficient (Wildman–Crippen LogP) is 2.55. The zero-order valence-corrected chi connectivity index (χ0v) is 23.6. The smallest absolute Gasteiger partial charge is 0.442 e. The maximum atomic E-state index is 13.3. The number of carbonyl (C=O) groups excluding carboxylic acids is 4. The van der Waals surface area contributed by atoms with Crippen molar-refractivity contribution in [3.63, 3.8) is 0 Å². The van der Waals surface area contributed by atoms with E-state index in [0.717, 1.165) is 4.68 Å². The van der Waals surface area contributed by atoms with Crippen molar-refractivity contribution in [2.45, 2.75) is 72.5 Å². The number of nitrogens with zero attached hydrogens (tertiary/aromatic N) is 3. The van der Waals surface area contributed by atoms with Crippen LogP contribution in [0.1, 0.15) is 65.1 Å². The van der Waals surface area contributed by atoms with E-state index in [4.69, 9.17) is 4.42 Å². The minimum Gasteiger partial charge on any atom is -0.453 e. The van der Waals surface area contributed by atoms with Crippen LogP contribution < -0.4 is 16.4 Å². The second kappa shape index (κ2) is 14.3. The van der Waals surface area contributed by atoms with Gasteiger partial charge in [-0.25, -0.2) is 9.59 Å². The SMILES string of the molecule is CC.COC(=O)N[C@H](C(=O)N1CCC[C@H]1C(=O)NC(C(=O)c1nn(-c2ccccc2)c(=O)o1)C(C)C)C(C)C. The van der Waals surface area contributed by atoms with E-state index in [2.05, 4.69) is 20.5 Å². The van der Waals surface area contributed by atoms with Gasteiger partial charge in [-0.05, 0) is 36.8 Å². The molecule has 1 aliphatic heterocycles. The van der Waals surface area contributed by atoms with Crippen molar-refractivity contribution in [1.29, 1.82) is 0 Å². The molecule has 1 fully saturated rings. The molecule has 3 rings (SSSR count). The molecule has 0 spiro atoms.